The van der Waals surface area contributed by atoms with E-state index in [1.54, 1.807) is 29.2 Å². The number of rotatable bonds is 4. The molecule has 0 amide bonds. The maximum atomic E-state index is 14.7. The lowest BCUT2D eigenvalue weighted by Gasteiger charge is -2.39. The SMILES string of the molecule is COc1cccc(F)c1-c1cc2c(cn1)cnn2-c1cccc(N2CC3CCC(C2)N3C)n1. The number of anilines is 1. The van der Waals surface area contributed by atoms with Crippen LogP contribution < -0.4 is 9.64 Å². The molecule has 33 heavy (non-hydrogen) atoms. The van der Waals surface area contributed by atoms with Crippen LogP contribution in [-0.2, 0) is 0 Å². The van der Waals surface area contributed by atoms with Crippen molar-refractivity contribution in [2.45, 2.75) is 24.9 Å². The van der Waals surface area contributed by atoms with Crippen molar-refractivity contribution in [1.29, 1.82) is 0 Å². The highest BCUT2D eigenvalue weighted by molar-refractivity contribution is 5.84. The number of hydrogen-bond acceptors (Lipinski definition) is 6. The Balaban J connectivity index is 1.40. The van der Waals surface area contributed by atoms with Crippen LogP contribution in [0.3, 0.4) is 0 Å². The molecule has 0 aliphatic carbocycles. The second-order valence-electron chi connectivity index (χ2n) is 8.81. The minimum atomic E-state index is -0.378. The standard InChI is InChI=1S/C25H25FN6O/c1-30-17-9-10-18(30)15-31(14-17)23-7-4-8-24(29-23)32-21-11-20(27-12-16(21)13-28-32)25-19(26)5-3-6-22(25)33-2/h3-8,11-13,17-18H,9-10,14-15H2,1-2H3. The molecule has 4 aromatic rings. The lowest BCUT2D eigenvalue weighted by Crippen LogP contribution is -2.52. The number of piperazine rings is 1. The molecule has 2 fully saturated rings. The number of hydrogen-bond donors (Lipinski definition) is 0. The van der Waals surface area contributed by atoms with Crippen LogP contribution in [-0.4, -0.2) is 64.0 Å². The van der Waals surface area contributed by atoms with E-state index in [0.29, 0.717) is 29.1 Å². The van der Waals surface area contributed by atoms with Gasteiger partial charge in [0.1, 0.15) is 17.4 Å². The molecule has 0 saturated carbocycles. The van der Waals surface area contributed by atoms with E-state index in [0.717, 1.165) is 35.6 Å². The molecular formula is C25H25FN6O. The Morgan fingerprint density at radius 3 is 2.55 bits per heavy atom. The normalized spacial score (nSPS) is 20.5. The van der Waals surface area contributed by atoms with Crippen molar-refractivity contribution in [3.8, 4) is 22.8 Å². The Hall–Kier alpha value is -3.52. The van der Waals surface area contributed by atoms with E-state index in [1.165, 1.54) is 26.0 Å². The van der Waals surface area contributed by atoms with Crippen LogP contribution in [0, 0.1) is 5.82 Å². The summed E-state index contributed by atoms with van der Waals surface area (Å²) < 4.78 is 21.8. The molecule has 2 aliphatic rings. The van der Waals surface area contributed by atoms with E-state index in [9.17, 15) is 4.39 Å². The number of fused-ring (bicyclic) bond motifs is 3. The fourth-order valence-electron chi connectivity index (χ4n) is 5.17. The van der Waals surface area contributed by atoms with Gasteiger partial charge in [0.15, 0.2) is 5.82 Å². The van der Waals surface area contributed by atoms with E-state index in [2.05, 4.69) is 33.0 Å². The van der Waals surface area contributed by atoms with Gasteiger partial charge in [-0.25, -0.2) is 14.1 Å². The molecule has 2 saturated heterocycles. The van der Waals surface area contributed by atoms with E-state index in [1.807, 2.05) is 18.2 Å². The van der Waals surface area contributed by atoms with Crippen molar-refractivity contribution in [2.75, 3.05) is 32.1 Å². The Labute approximate surface area is 191 Å². The topological polar surface area (TPSA) is 59.3 Å². The first-order valence-electron chi connectivity index (χ1n) is 11.2. The van der Waals surface area contributed by atoms with Crippen LogP contribution in [0.5, 0.6) is 5.75 Å². The van der Waals surface area contributed by atoms with Crippen molar-refractivity contribution >= 4 is 16.7 Å². The van der Waals surface area contributed by atoms with Gasteiger partial charge in [-0.2, -0.15) is 5.10 Å². The fourth-order valence-corrected chi connectivity index (χ4v) is 5.17. The number of ether oxygens (including phenoxy) is 1. The van der Waals surface area contributed by atoms with Crippen molar-refractivity contribution < 1.29 is 9.13 Å². The Morgan fingerprint density at radius 2 is 1.76 bits per heavy atom. The molecule has 5 heterocycles. The highest BCUT2D eigenvalue weighted by Crippen LogP contribution is 2.34. The first-order chi connectivity index (χ1) is 16.1. The summed E-state index contributed by atoms with van der Waals surface area (Å²) in [5.74, 6) is 1.76. The van der Waals surface area contributed by atoms with Gasteiger partial charge in [0.2, 0.25) is 0 Å². The molecule has 168 valence electrons. The summed E-state index contributed by atoms with van der Waals surface area (Å²) in [4.78, 5) is 14.3. The molecule has 2 aliphatic heterocycles. The fraction of sp³-hybridized carbons (Fsp3) is 0.320. The maximum absolute atomic E-state index is 14.7. The number of methoxy groups -OCH3 is 1. The zero-order chi connectivity index (χ0) is 22.5. The molecule has 0 radical (unpaired) electrons. The van der Waals surface area contributed by atoms with Crippen LogP contribution in [0.25, 0.3) is 28.0 Å². The molecule has 0 N–H and O–H groups in total. The summed E-state index contributed by atoms with van der Waals surface area (Å²) in [6.45, 7) is 1.98. The van der Waals surface area contributed by atoms with E-state index >= 15 is 0 Å². The highest BCUT2D eigenvalue weighted by atomic mass is 19.1. The number of benzene rings is 1. The third-order valence-electron chi connectivity index (χ3n) is 7.01. The largest absolute Gasteiger partial charge is 0.496 e. The van der Waals surface area contributed by atoms with Crippen LogP contribution in [0.15, 0.2) is 54.9 Å². The zero-order valence-corrected chi connectivity index (χ0v) is 18.6. The van der Waals surface area contributed by atoms with Gasteiger partial charge < -0.3 is 9.64 Å². The Bertz CT molecular complexity index is 1320. The molecule has 2 unspecified atom stereocenters. The predicted molar refractivity (Wildman–Crippen MR) is 125 cm³/mol. The van der Waals surface area contributed by atoms with Crippen molar-refractivity contribution in [2.24, 2.45) is 0 Å². The van der Waals surface area contributed by atoms with Gasteiger partial charge >= 0.3 is 0 Å². The molecule has 6 rings (SSSR count). The van der Waals surface area contributed by atoms with Crippen LogP contribution in [0.2, 0.25) is 0 Å². The van der Waals surface area contributed by atoms with Gasteiger partial charge in [-0.05, 0) is 50.2 Å². The van der Waals surface area contributed by atoms with Gasteiger partial charge in [0.05, 0.1) is 30.1 Å². The molecule has 3 aromatic heterocycles. The summed E-state index contributed by atoms with van der Waals surface area (Å²) in [5.41, 5.74) is 1.64. The molecule has 2 atom stereocenters. The number of halogens is 1. The number of likely N-dealkylation sites (N-methyl/N-ethyl adjacent to an activating group) is 1. The molecule has 8 heteroatoms. The molecular weight excluding hydrogens is 419 g/mol. The first-order valence-corrected chi connectivity index (χ1v) is 11.2. The first kappa shape index (κ1) is 20.1. The van der Waals surface area contributed by atoms with E-state index < -0.39 is 0 Å². The molecule has 1 aromatic carbocycles. The monoisotopic (exact) mass is 444 g/mol. The number of pyridine rings is 2. The summed E-state index contributed by atoms with van der Waals surface area (Å²) >= 11 is 0. The summed E-state index contributed by atoms with van der Waals surface area (Å²) in [7, 11) is 3.76. The second kappa shape index (κ2) is 7.81. The van der Waals surface area contributed by atoms with Crippen molar-refractivity contribution in [3.63, 3.8) is 0 Å². The summed E-state index contributed by atoms with van der Waals surface area (Å²) in [6, 6.07) is 13.8. The quantitative estimate of drug-likeness (QED) is 0.476. The van der Waals surface area contributed by atoms with Crippen molar-refractivity contribution in [1.82, 2.24) is 24.6 Å². The summed E-state index contributed by atoms with van der Waals surface area (Å²) in [6.07, 6.45) is 5.96. The number of nitrogens with zero attached hydrogens (tertiary/aromatic N) is 6. The second-order valence-corrected chi connectivity index (χ2v) is 8.81. The third kappa shape index (κ3) is 3.33. The van der Waals surface area contributed by atoms with E-state index in [4.69, 9.17) is 9.72 Å². The smallest absolute Gasteiger partial charge is 0.156 e. The Kier molecular flexibility index (Phi) is 4.76. The lowest BCUT2D eigenvalue weighted by molar-refractivity contribution is 0.212. The van der Waals surface area contributed by atoms with Crippen LogP contribution >= 0.6 is 0 Å². The lowest BCUT2D eigenvalue weighted by atomic mass is 10.1. The number of aromatic nitrogens is 4. The summed E-state index contributed by atoms with van der Waals surface area (Å²) in [5, 5.41) is 5.43. The maximum Gasteiger partial charge on any atom is 0.156 e. The minimum Gasteiger partial charge on any atom is -0.496 e. The van der Waals surface area contributed by atoms with Gasteiger partial charge in [-0.1, -0.05) is 12.1 Å². The third-order valence-corrected chi connectivity index (χ3v) is 7.01. The van der Waals surface area contributed by atoms with Crippen molar-refractivity contribution in [3.05, 3.63) is 60.7 Å². The average Bonchev–Trinajstić information content (AvgIpc) is 3.33. The van der Waals surface area contributed by atoms with Crippen LogP contribution in [0.4, 0.5) is 10.2 Å². The highest BCUT2D eigenvalue weighted by Gasteiger charge is 2.37. The average molecular weight is 445 g/mol. The van der Waals surface area contributed by atoms with Gasteiger partial charge in [0.25, 0.3) is 0 Å². The molecule has 0 spiro atoms. The Morgan fingerprint density at radius 1 is 1.00 bits per heavy atom. The van der Waals surface area contributed by atoms with Gasteiger partial charge in [-0.3, -0.25) is 9.88 Å². The van der Waals surface area contributed by atoms with Crippen LogP contribution in [0.1, 0.15) is 12.8 Å². The van der Waals surface area contributed by atoms with Gasteiger partial charge in [0, 0.05) is 36.8 Å². The van der Waals surface area contributed by atoms with Gasteiger partial charge in [-0.15, -0.1) is 0 Å². The molecule has 7 nitrogen and oxygen atoms in total. The molecule has 2 bridgehead atoms. The zero-order valence-electron chi connectivity index (χ0n) is 18.6. The van der Waals surface area contributed by atoms with E-state index in [-0.39, 0.29) is 5.82 Å². The predicted octanol–water partition coefficient (Wildman–Crippen LogP) is 3.91. The minimum absolute atomic E-state index is 0.337.